The van der Waals surface area contributed by atoms with Crippen LogP contribution >= 0.6 is 0 Å². The molecule has 2 aromatic carbocycles. The van der Waals surface area contributed by atoms with Crippen molar-refractivity contribution in [2.24, 2.45) is 0 Å². The van der Waals surface area contributed by atoms with Crippen LogP contribution in [0.2, 0.25) is 0 Å². The van der Waals surface area contributed by atoms with E-state index in [-0.39, 0.29) is 5.91 Å². The molecule has 0 spiro atoms. The molecular formula is C25H26N4O3. The average Bonchev–Trinajstić information content (AvgIpc) is 3.26. The maximum absolute atomic E-state index is 12.7. The molecule has 2 aromatic heterocycles. The van der Waals surface area contributed by atoms with Crippen LogP contribution in [0.4, 0.5) is 0 Å². The Morgan fingerprint density at radius 2 is 1.81 bits per heavy atom. The molecule has 1 amide bonds. The van der Waals surface area contributed by atoms with Gasteiger partial charge in [0.25, 0.3) is 5.91 Å². The van der Waals surface area contributed by atoms with Gasteiger partial charge < -0.3 is 14.8 Å². The number of hydrogen-bond donors (Lipinski definition) is 1. The van der Waals surface area contributed by atoms with E-state index in [0.29, 0.717) is 41.8 Å². The summed E-state index contributed by atoms with van der Waals surface area (Å²) in [7, 11) is 1.59. The normalized spacial score (nSPS) is 11.0. The summed E-state index contributed by atoms with van der Waals surface area (Å²) >= 11 is 0. The van der Waals surface area contributed by atoms with Gasteiger partial charge in [-0.15, -0.1) is 0 Å². The van der Waals surface area contributed by atoms with E-state index in [9.17, 15) is 4.79 Å². The molecule has 0 aliphatic rings. The third-order valence-electron chi connectivity index (χ3n) is 5.23. The molecular weight excluding hydrogens is 404 g/mol. The van der Waals surface area contributed by atoms with E-state index in [0.717, 1.165) is 11.3 Å². The Balaban J connectivity index is 1.45. The molecule has 0 aliphatic carbocycles. The van der Waals surface area contributed by atoms with Gasteiger partial charge in [-0.25, -0.2) is 9.50 Å². The second-order valence-electron chi connectivity index (χ2n) is 7.66. The first-order valence-electron chi connectivity index (χ1n) is 10.6. The first kappa shape index (κ1) is 21.4. The van der Waals surface area contributed by atoms with Crippen LogP contribution < -0.4 is 14.8 Å². The van der Waals surface area contributed by atoms with Crippen LogP contribution in [0, 0.1) is 0 Å². The molecule has 4 aromatic rings. The minimum absolute atomic E-state index is 0.247. The summed E-state index contributed by atoms with van der Waals surface area (Å²) in [5, 5.41) is 7.28. The van der Waals surface area contributed by atoms with Crippen molar-refractivity contribution in [1.29, 1.82) is 0 Å². The Bertz CT molecular complexity index is 1220. The smallest absolute Gasteiger partial charge is 0.256 e. The highest BCUT2D eigenvalue weighted by Crippen LogP contribution is 2.26. The van der Waals surface area contributed by atoms with Crippen molar-refractivity contribution >= 4 is 11.6 Å². The lowest BCUT2D eigenvalue weighted by atomic mass is 10.0. The number of fused-ring (bicyclic) bond motifs is 1. The van der Waals surface area contributed by atoms with Crippen molar-refractivity contribution in [2.75, 3.05) is 20.3 Å². The van der Waals surface area contributed by atoms with Gasteiger partial charge in [0.15, 0.2) is 17.1 Å². The van der Waals surface area contributed by atoms with Crippen molar-refractivity contribution in [3.8, 4) is 22.8 Å². The summed E-state index contributed by atoms with van der Waals surface area (Å²) in [6.45, 7) is 4.98. The highest BCUT2D eigenvalue weighted by atomic mass is 16.5. The lowest BCUT2D eigenvalue weighted by Gasteiger charge is -2.10. The molecule has 0 atom stereocenters. The Morgan fingerprint density at radius 3 is 2.53 bits per heavy atom. The molecule has 7 nitrogen and oxygen atoms in total. The topological polar surface area (TPSA) is 77.8 Å². The zero-order valence-corrected chi connectivity index (χ0v) is 18.4. The third kappa shape index (κ3) is 4.42. The highest BCUT2D eigenvalue weighted by Gasteiger charge is 2.16. The van der Waals surface area contributed by atoms with Crippen LogP contribution in [0.25, 0.3) is 16.9 Å². The number of carbonyl (C=O) groups excluding carboxylic acids is 1. The first-order valence-corrected chi connectivity index (χ1v) is 10.6. The molecule has 0 saturated carbocycles. The fourth-order valence-corrected chi connectivity index (χ4v) is 3.47. The molecule has 0 unspecified atom stereocenters. The Morgan fingerprint density at radius 1 is 1.06 bits per heavy atom. The van der Waals surface area contributed by atoms with Gasteiger partial charge in [-0.1, -0.05) is 50.2 Å². The van der Waals surface area contributed by atoms with Gasteiger partial charge in [0.2, 0.25) is 0 Å². The molecule has 1 N–H and O–H groups in total. The van der Waals surface area contributed by atoms with Crippen molar-refractivity contribution in [1.82, 2.24) is 19.9 Å². The third-order valence-corrected chi connectivity index (χ3v) is 5.23. The van der Waals surface area contributed by atoms with Gasteiger partial charge in [-0.05, 0) is 29.7 Å². The van der Waals surface area contributed by atoms with Crippen molar-refractivity contribution in [2.45, 2.75) is 19.8 Å². The predicted octanol–water partition coefficient (Wildman–Crippen LogP) is 4.34. The number of benzene rings is 2. The average molecular weight is 431 g/mol. The molecule has 0 bridgehead atoms. The van der Waals surface area contributed by atoms with Crippen LogP contribution in [0.15, 0.2) is 67.0 Å². The van der Waals surface area contributed by atoms with Crippen molar-refractivity contribution < 1.29 is 14.3 Å². The van der Waals surface area contributed by atoms with Gasteiger partial charge in [0, 0.05) is 11.8 Å². The lowest BCUT2D eigenvalue weighted by molar-refractivity contribution is 0.0948. The van der Waals surface area contributed by atoms with Crippen LogP contribution in [0.1, 0.15) is 35.7 Å². The van der Waals surface area contributed by atoms with Crippen LogP contribution in [0.5, 0.6) is 11.5 Å². The summed E-state index contributed by atoms with van der Waals surface area (Å²) in [5.41, 5.74) is 4.10. The zero-order valence-electron chi connectivity index (χ0n) is 18.4. The standard InChI is InChI=1S/C25H26N4O3/c1-17(2)18-8-10-19(11-9-18)21-12-13-26-24-20(16-28-29(21)24)25(30)27-14-15-32-23-7-5-4-6-22(23)31-3/h4-13,16-17H,14-15H2,1-3H3,(H,27,30). The highest BCUT2D eigenvalue weighted by molar-refractivity contribution is 5.99. The maximum Gasteiger partial charge on any atom is 0.256 e. The van der Waals surface area contributed by atoms with Crippen molar-refractivity contribution in [3.63, 3.8) is 0 Å². The number of para-hydroxylation sites is 2. The Labute approximate surface area is 187 Å². The molecule has 7 heteroatoms. The minimum atomic E-state index is -0.247. The number of nitrogens with zero attached hydrogens (tertiary/aromatic N) is 3. The van der Waals surface area contributed by atoms with Gasteiger partial charge in [0.05, 0.1) is 25.5 Å². The zero-order chi connectivity index (χ0) is 22.5. The van der Waals surface area contributed by atoms with E-state index in [2.05, 4.69) is 53.5 Å². The largest absolute Gasteiger partial charge is 0.493 e. The summed E-state index contributed by atoms with van der Waals surface area (Å²) < 4.78 is 12.7. The monoisotopic (exact) mass is 430 g/mol. The quantitative estimate of drug-likeness (QED) is 0.421. The summed E-state index contributed by atoms with van der Waals surface area (Å²) in [4.78, 5) is 17.1. The SMILES string of the molecule is COc1ccccc1OCCNC(=O)c1cnn2c(-c3ccc(C(C)C)cc3)ccnc12. The fraction of sp³-hybridized carbons (Fsp3) is 0.240. The number of nitrogens with one attached hydrogen (secondary N) is 1. The van der Waals surface area contributed by atoms with Crippen LogP contribution in [-0.2, 0) is 0 Å². The molecule has 0 fully saturated rings. The number of aromatic nitrogens is 3. The first-order chi connectivity index (χ1) is 15.6. The predicted molar refractivity (Wildman–Crippen MR) is 123 cm³/mol. The molecule has 4 rings (SSSR count). The maximum atomic E-state index is 12.7. The molecule has 0 saturated heterocycles. The van der Waals surface area contributed by atoms with Crippen LogP contribution in [0.3, 0.4) is 0 Å². The fourth-order valence-electron chi connectivity index (χ4n) is 3.47. The van der Waals surface area contributed by atoms with E-state index in [1.165, 1.54) is 5.56 Å². The lowest BCUT2D eigenvalue weighted by Crippen LogP contribution is -2.28. The van der Waals surface area contributed by atoms with Crippen molar-refractivity contribution in [3.05, 3.63) is 78.1 Å². The van der Waals surface area contributed by atoms with E-state index >= 15 is 0 Å². The molecule has 164 valence electrons. The van der Waals surface area contributed by atoms with Gasteiger partial charge >= 0.3 is 0 Å². The second kappa shape index (κ2) is 9.51. The Kier molecular flexibility index (Phi) is 6.35. The molecule has 32 heavy (non-hydrogen) atoms. The van der Waals surface area contributed by atoms with E-state index in [1.807, 2.05) is 30.3 Å². The summed E-state index contributed by atoms with van der Waals surface area (Å²) in [6, 6.07) is 17.7. The number of carbonyl (C=O) groups is 1. The summed E-state index contributed by atoms with van der Waals surface area (Å²) in [5.74, 6) is 1.51. The van der Waals surface area contributed by atoms with E-state index < -0.39 is 0 Å². The van der Waals surface area contributed by atoms with E-state index in [1.54, 1.807) is 24.0 Å². The number of ether oxygens (including phenoxy) is 2. The molecule has 2 heterocycles. The number of methoxy groups -OCH3 is 1. The molecule has 0 radical (unpaired) electrons. The van der Waals surface area contributed by atoms with Crippen LogP contribution in [-0.4, -0.2) is 40.8 Å². The van der Waals surface area contributed by atoms with Gasteiger partial charge in [-0.2, -0.15) is 5.10 Å². The number of amides is 1. The van der Waals surface area contributed by atoms with Gasteiger partial charge in [0.1, 0.15) is 12.2 Å². The Hall–Kier alpha value is -3.87. The number of hydrogen-bond acceptors (Lipinski definition) is 5. The minimum Gasteiger partial charge on any atom is -0.493 e. The summed E-state index contributed by atoms with van der Waals surface area (Å²) in [6.07, 6.45) is 3.25. The molecule has 0 aliphatic heterocycles. The second-order valence-corrected chi connectivity index (χ2v) is 7.66. The van der Waals surface area contributed by atoms with Gasteiger partial charge in [-0.3, -0.25) is 4.79 Å². The van der Waals surface area contributed by atoms with E-state index in [4.69, 9.17) is 9.47 Å². The number of rotatable bonds is 8.